The van der Waals surface area contributed by atoms with Gasteiger partial charge in [0.05, 0.1) is 28.8 Å². The summed E-state index contributed by atoms with van der Waals surface area (Å²) in [6.07, 6.45) is -27.3. The molecule has 52 heavy (non-hydrogen) atoms. The van der Waals surface area contributed by atoms with E-state index < -0.39 is 135 Å². The fourth-order valence-electron chi connectivity index (χ4n) is 4.19. The maximum atomic E-state index is 15.2. The standard InChI is InChI=1S/C22H4F25NO4/c23-12(24,15(29,30)20(39,40)41)3-48-10(51)6-7(11(48)52)9(14(27,28)17(33,34)19(37,38)22(45,46)47)5(2-50)4(1-49)8(6)13(25,26)16(31,32)18(35,36)21(42,43)44/h1-2H,3H2. The molecular weight excluding hydrogens is 817 g/mol. The Balaban J connectivity index is 3.40. The number of carbonyl (C=O) groups is 4. The molecule has 0 fully saturated rings. The Morgan fingerprint density at radius 2 is 0.654 bits per heavy atom. The van der Waals surface area contributed by atoms with Crippen molar-refractivity contribution in [3.63, 3.8) is 0 Å². The number of rotatable bonds is 11. The highest BCUT2D eigenvalue weighted by molar-refractivity contribution is 6.24. The zero-order chi connectivity index (χ0) is 41.8. The van der Waals surface area contributed by atoms with Gasteiger partial charge in [-0.05, 0) is 0 Å². The Hall–Kier alpha value is -4.05. The van der Waals surface area contributed by atoms with Crippen molar-refractivity contribution in [2.75, 3.05) is 6.54 Å². The number of carbonyl (C=O) groups excluding carboxylic acids is 4. The highest BCUT2D eigenvalue weighted by Gasteiger charge is 2.85. The average Bonchev–Trinajstić information content (AvgIpc) is 3.17. The highest BCUT2D eigenvalue weighted by Crippen LogP contribution is 2.62. The van der Waals surface area contributed by atoms with Gasteiger partial charge in [-0.3, -0.25) is 24.1 Å². The van der Waals surface area contributed by atoms with Gasteiger partial charge in [-0.2, -0.15) is 110 Å². The lowest BCUT2D eigenvalue weighted by molar-refractivity contribution is -0.400. The van der Waals surface area contributed by atoms with E-state index in [0.717, 1.165) is 0 Å². The number of halogens is 25. The van der Waals surface area contributed by atoms with Gasteiger partial charge in [-0.15, -0.1) is 0 Å². The van der Waals surface area contributed by atoms with Gasteiger partial charge in [0.25, 0.3) is 11.8 Å². The minimum Gasteiger partial charge on any atom is -0.298 e. The van der Waals surface area contributed by atoms with Crippen LogP contribution in [-0.2, 0) is 11.8 Å². The Labute approximate surface area is 265 Å². The first-order valence-electron chi connectivity index (χ1n) is 11.8. The maximum Gasteiger partial charge on any atom is 0.460 e. The third kappa shape index (κ3) is 5.58. The summed E-state index contributed by atoms with van der Waals surface area (Å²) in [5, 5.41) is 0. The maximum absolute atomic E-state index is 15.2. The van der Waals surface area contributed by atoms with Crippen LogP contribution in [-0.4, -0.2) is 89.9 Å². The highest BCUT2D eigenvalue weighted by atomic mass is 19.4. The average molecular weight is 821 g/mol. The molecule has 30 heteroatoms. The summed E-state index contributed by atoms with van der Waals surface area (Å²) in [7, 11) is 0. The second-order valence-electron chi connectivity index (χ2n) is 9.98. The van der Waals surface area contributed by atoms with Crippen LogP contribution in [0.4, 0.5) is 110 Å². The molecule has 0 spiro atoms. The third-order valence-electron chi connectivity index (χ3n) is 6.82. The van der Waals surface area contributed by atoms with Gasteiger partial charge in [0, 0.05) is 11.1 Å². The van der Waals surface area contributed by atoms with E-state index in [2.05, 4.69) is 0 Å². The third-order valence-corrected chi connectivity index (χ3v) is 6.82. The van der Waals surface area contributed by atoms with Gasteiger partial charge in [0.15, 0.2) is 12.6 Å². The predicted molar refractivity (Wildman–Crippen MR) is 108 cm³/mol. The summed E-state index contributed by atoms with van der Waals surface area (Å²) in [5.74, 6) is -71.5. The molecule has 1 aromatic carbocycles. The van der Waals surface area contributed by atoms with E-state index in [0.29, 0.717) is 0 Å². The Bertz CT molecular complexity index is 1560. The van der Waals surface area contributed by atoms with Crippen LogP contribution >= 0.6 is 0 Å². The Kier molecular flexibility index (Phi) is 9.95. The molecular formula is C22H4F25NO4. The monoisotopic (exact) mass is 821 g/mol. The van der Waals surface area contributed by atoms with Crippen molar-refractivity contribution in [2.45, 2.75) is 65.9 Å². The molecule has 0 unspecified atom stereocenters. The van der Waals surface area contributed by atoms with Gasteiger partial charge in [0.1, 0.15) is 0 Å². The second kappa shape index (κ2) is 11.7. The smallest absolute Gasteiger partial charge is 0.298 e. The fourth-order valence-corrected chi connectivity index (χ4v) is 4.19. The summed E-state index contributed by atoms with van der Waals surface area (Å²) >= 11 is 0. The Morgan fingerprint density at radius 1 is 0.404 bits per heavy atom. The molecule has 0 saturated carbocycles. The number of hydrogen-bond donors (Lipinski definition) is 0. The van der Waals surface area contributed by atoms with Gasteiger partial charge < -0.3 is 0 Å². The number of benzene rings is 1. The number of imide groups is 1. The largest absolute Gasteiger partial charge is 0.460 e. The summed E-state index contributed by atoms with van der Waals surface area (Å²) in [6, 6.07) is 0. The number of alkyl halides is 25. The second-order valence-corrected chi connectivity index (χ2v) is 9.98. The van der Waals surface area contributed by atoms with Crippen LogP contribution in [0.15, 0.2) is 0 Å². The molecule has 1 aromatic rings. The Morgan fingerprint density at radius 3 is 0.865 bits per heavy atom. The van der Waals surface area contributed by atoms with Crippen LogP contribution in [0, 0.1) is 0 Å². The van der Waals surface area contributed by atoms with Crippen LogP contribution in [0.3, 0.4) is 0 Å². The van der Waals surface area contributed by atoms with Crippen molar-refractivity contribution in [1.29, 1.82) is 0 Å². The van der Waals surface area contributed by atoms with Crippen LogP contribution in [0.1, 0.15) is 52.6 Å². The molecule has 0 N–H and O–H groups in total. The molecule has 1 aliphatic heterocycles. The molecule has 0 aliphatic carbocycles. The van der Waals surface area contributed by atoms with Crippen molar-refractivity contribution in [1.82, 2.24) is 4.90 Å². The summed E-state index contributed by atoms with van der Waals surface area (Å²) in [5.41, 5.74) is -23.2. The summed E-state index contributed by atoms with van der Waals surface area (Å²) in [4.78, 5) is 46.4. The molecule has 2 rings (SSSR count). The molecule has 296 valence electrons. The number of fused-ring (bicyclic) bond motifs is 1. The van der Waals surface area contributed by atoms with E-state index in [1.807, 2.05) is 0 Å². The molecule has 2 amide bonds. The number of hydrogen-bond acceptors (Lipinski definition) is 4. The lowest BCUT2D eigenvalue weighted by Gasteiger charge is -2.37. The van der Waals surface area contributed by atoms with Crippen LogP contribution in [0.5, 0.6) is 0 Å². The molecule has 0 atom stereocenters. The molecule has 0 bridgehead atoms. The normalized spacial score (nSPS) is 16.4. The zero-order valence-corrected chi connectivity index (χ0v) is 22.9. The lowest BCUT2D eigenvalue weighted by Crippen LogP contribution is -2.60. The molecule has 1 aliphatic rings. The van der Waals surface area contributed by atoms with E-state index in [9.17, 15) is 111 Å². The zero-order valence-electron chi connectivity index (χ0n) is 22.9. The fraction of sp³-hybridized carbons (Fsp3) is 0.545. The molecule has 0 saturated heterocycles. The van der Waals surface area contributed by atoms with E-state index in [1.165, 1.54) is 0 Å². The quantitative estimate of drug-likeness (QED) is 0.128. The summed E-state index contributed by atoms with van der Waals surface area (Å²) in [6.45, 7) is -4.13. The number of aldehydes is 2. The van der Waals surface area contributed by atoms with E-state index in [4.69, 9.17) is 0 Å². The van der Waals surface area contributed by atoms with Crippen LogP contribution in [0.2, 0.25) is 0 Å². The minimum atomic E-state index is -8.34. The molecule has 5 nitrogen and oxygen atoms in total. The van der Waals surface area contributed by atoms with E-state index >= 15 is 17.6 Å². The van der Waals surface area contributed by atoms with E-state index in [1.54, 1.807) is 0 Å². The first-order valence-corrected chi connectivity index (χ1v) is 11.8. The SMILES string of the molecule is O=Cc1c(C=O)c(C(F)(F)C(F)(F)C(F)(F)C(F)(F)F)c2c(c1C(F)(F)C(F)(F)C(F)(F)C(F)(F)F)C(=O)N(CC(F)(F)C(F)(F)C(F)(F)F)C2=O. The number of amides is 2. The van der Waals surface area contributed by atoms with Crippen molar-refractivity contribution >= 4 is 24.4 Å². The van der Waals surface area contributed by atoms with Crippen molar-refractivity contribution in [3.05, 3.63) is 33.4 Å². The van der Waals surface area contributed by atoms with Crippen molar-refractivity contribution in [3.8, 4) is 0 Å². The molecule has 0 radical (unpaired) electrons. The van der Waals surface area contributed by atoms with Gasteiger partial charge in [0.2, 0.25) is 0 Å². The van der Waals surface area contributed by atoms with E-state index in [-0.39, 0.29) is 0 Å². The van der Waals surface area contributed by atoms with Crippen molar-refractivity contribution < 1.29 is 129 Å². The van der Waals surface area contributed by atoms with Crippen LogP contribution in [0.25, 0.3) is 0 Å². The molecule has 0 aromatic heterocycles. The number of nitrogens with zero attached hydrogens (tertiary/aromatic N) is 1. The van der Waals surface area contributed by atoms with Gasteiger partial charge in [-0.1, -0.05) is 0 Å². The lowest BCUT2D eigenvalue weighted by atomic mass is 9.79. The van der Waals surface area contributed by atoms with Gasteiger partial charge in [-0.25, -0.2) is 0 Å². The van der Waals surface area contributed by atoms with Gasteiger partial charge >= 0.3 is 65.9 Å². The van der Waals surface area contributed by atoms with Crippen molar-refractivity contribution in [2.24, 2.45) is 0 Å². The predicted octanol–water partition coefficient (Wildman–Crippen LogP) is 8.59. The first kappa shape index (κ1) is 44.1. The topological polar surface area (TPSA) is 71.5 Å². The summed E-state index contributed by atoms with van der Waals surface area (Å²) < 4.78 is 342. The minimum absolute atomic E-state index is 1.97. The molecule has 1 heterocycles. The van der Waals surface area contributed by atoms with Crippen LogP contribution < -0.4 is 0 Å². The first-order chi connectivity index (χ1) is 22.6.